The fraction of sp³-hybridized carbons (Fsp3) is 0.190. The van der Waals surface area contributed by atoms with Gasteiger partial charge in [0.15, 0.2) is 11.5 Å². The van der Waals surface area contributed by atoms with Gasteiger partial charge in [-0.05, 0) is 43.7 Å². The van der Waals surface area contributed by atoms with Gasteiger partial charge in [0.2, 0.25) is 0 Å². The summed E-state index contributed by atoms with van der Waals surface area (Å²) in [4.78, 5) is 17.1. The molecule has 4 aromatic rings. The topological polar surface area (TPSA) is 73.0 Å². The summed E-state index contributed by atoms with van der Waals surface area (Å²) in [5, 5.41) is 7.37. The third-order valence-corrected chi connectivity index (χ3v) is 4.48. The molecule has 2 heterocycles. The number of nitrogens with one attached hydrogen (secondary N) is 1. The fourth-order valence-corrected chi connectivity index (χ4v) is 3.13. The van der Waals surface area contributed by atoms with Crippen molar-refractivity contribution in [2.24, 2.45) is 0 Å². The minimum atomic E-state index is -0.190. The number of rotatable bonds is 4. The average Bonchev–Trinajstić information content (AvgIpc) is 3.24. The van der Waals surface area contributed by atoms with E-state index in [4.69, 9.17) is 4.42 Å². The van der Waals surface area contributed by atoms with Crippen LogP contribution >= 0.6 is 0 Å². The number of nitrogens with zero attached hydrogens (tertiary/aromatic N) is 3. The van der Waals surface area contributed by atoms with Gasteiger partial charge in [-0.1, -0.05) is 24.6 Å². The molecule has 1 amide bonds. The van der Waals surface area contributed by atoms with Gasteiger partial charge in [-0.3, -0.25) is 4.79 Å². The number of amides is 1. The minimum absolute atomic E-state index is 0.190. The molecule has 2 aromatic heterocycles. The normalized spacial score (nSPS) is 11.1. The lowest BCUT2D eigenvalue weighted by atomic mass is 10.1. The van der Waals surface area contributed by atoms with E-state index in [1.807, 2.05) is 42.8 Å². The molecule has 0 saturated heterocycles. The van der Waals surface area contributed by atoms with Crippen LogP contribution in [0.15, 0.2) is 53.1 Å². The molecule has 0 spiro atoms. The predicted molar refractivity (Wildman–Crippen MR) is 104 cm³/mol. The summed E-state index contributed by atoms with van der Waals surface area (Å²) < 4.78 is 7.29. The number of benzene rings is 2. The Bertz CT molecular complexity index is 1120. The average molecular weight is 360 g/mol. The van der Waals surface area contributed by atoms with E-state index in [9.17, 15) is 4.79 Å². The number of carbonyl (C=O) groups excluding carboxylic acids is 1. The lowest BCUT2D eigenvalue weighted by Gasteiger charge is -2.09. The number of hydrogen-bond acceptors (Lipinski definition) is 4. The maximum Gasteiger partial charge on any atom is 0.259 e. The molecule has 0 aliphatic heterocycles. The second-order valence-corrected chi connectivity index (χ2v) is 6.48. The Balaban J connectivity index is 1.63. The summed E-state index contributed by atoms with van der Waals surface area (Å²) in [5.74, 6) is 0.408. The standard InChI is InChI=1S/C21H20N4O2/c1-4-19-17(12-22-25(19)16-8-5-13(2)6-9-16)21(26)24-15-7-10-20-18(11-15)23-14(3)27-20/h5-12H,4H2,1-3H3,(H,24,26). The van der Waals surface area contributed by atoms with Gasteiger partial charge in [-0.25, -0.2) is 9.67 Å². The van der Waals surface area contributed by atoms with Crippen molar-refractivity contribution < 1.29 is 9.21 Å². The van der Waals surface area contributed by atoms with Gasteiger partial charge in [-0.2, -0.15) is 5.10 Å². The molecule has 0 saturated carbocycles. The van der Waals surface area contributed by atoms with Gasteiger partial charge in [-0.15, -0.1) is 0 Å². The molecule has 0 bridgehead atoms. The van der Waals surface area contributed by atoms with Crippen LogP contribution in [0.1, 0.15) is 34.4 Å². The lowest BCUT2D eigenvalue weighted by Crippen LogP contribution is -2.14. The van der Waals surface area contributed by atoms with Gasteiger partial charge < -0.3 is 9.73 Å². The van der Waals surface area contributed by atoms with Crippen LogP contribution in [-0.2, 0) is 6.42 Å². The third-order valence-electron chi connectivity index (χ3n) is 4.48. The maximum atomic E-state index is 12.8. The number of fused-ring (bicyclic) bond motifs is 1. The largest absolute Gasteiger partial charge is 0.441 e. The summed E-state index contributed by atoms with van der Waals surface area (Å²) in [6.45, 7) is 5.85. The highest BCUT2D eigenvalue weighted by Gasteiger charge is 2.17. The second-order valence-electron chi connectivity index (χ2n) is 6.48. The van der Waals surface area contributed by atoms with Crippen molar-refractivity contribution in [3.63, 3.8) is 0 Å². The molecular formula is C21H20N4O2. The number of carbonyl (C=O) groups is 1. The maximum absolute atomic E-state index is 12.8. The molecule has 0 radical (unpaired) electrons. The van der Waals surface area contributed by atoms with Crippen molar-refractivity contribution in [2.75, 3.05) is 5.32 Å². The monoisotopic (exact) mass is 360 g/mol. The molecule has 2 aromatic carbocycles. The Labute approximate surface area is 156 Å². The summed E-state index contributed by atoms with van der Waals surface area (Å²) in [5.41, 5.74) is 5.65. The van der Waals surface area contributed by atoms with Gasteiger partial charge >= 0.3 is 0 Å². The molecule has 4 rings (SSSR count). The van der Waals surface area contributed by atoms with E-state index in [1.54, 1.807) is 31.3 Å². The Morgan fingerprint density at radius 3 is 2.67 bits per heavy atom. The Morgan fingerprint density at radius 2 is 1.93 bits per heavy atom. The van der Waals surface area contributed by atoms with E-state index in [0.29, 0.717) is 29.1 Å². The van der Waals surface area contributed by atoms with Gasteiger partial charge in [0.25, 0.3) is 5.91 Å². The predicted octanol–water partition coefficient (Wildman–Crippen LogP) is 4.45. The van der Waals surface area contributed by atoms with E-state index in [2.05, 4.69) is 15.4 Å². The van der Waals surface area contributed by atoms with Crippen molar-refractivity contribution in [3.05, 3.63) is 71.4 Å². The highest BCUT2D eigenvalue weighted by Crippen LogP contribution is 2.22. The summed E-state index contributed by atoms with van der Waals surface area (Å²) in [6, 6.07) is 13.5. The first-order valence-electron chi connectivity index (χ1n) is 8.87. The molecule has 27 heavy (non-hydrogen) atoms. The Morgan fingerprint density at radius 1 is 1.15 bits per heavy atom. The van der Waals surface area contributed by atoms with E-state index < -0.39 is 0 Å². The third kappa shape index (κ3) is 3.21. The zero-order chi connectivity index (χ0) is 19.0. The quantitative estimate of drug-likeness (QED) is 0.584. The SMILES string of the molecule is CCc1c(C(=O)Nc2ccc3oc(C)nc3c2)cnn1-c1ccc(C)cc1. The van der Waals surface area contributed by atoms with Gasteiger partial charge in [0, 0.05) is 12.6 Å². The first kappa shape index (κ1) is 17.0. The van der Waals surface area contributed by atoms with E-state index in [-0.39, 0.29) is 5.91 Å². The molecule has 136 valence electrons. The molecule has 0 atom stereocenters. The number of anilines is 1. The van der Waals surface area contributed by atoms with Crippen molar-refractivity contribution in [3.8, 4) is 5.69 Å². The van der Waals surface area contributed by atoms with Crippen LogP contribution in [0, 0.1) is 13.8 Å². The molecule has 1 N–H and O–H groups in total. The minimum Gasteiger partial charge on any atom is -0.441 e. The zero-order valence-corrected chi connectivity index (χ0v) is 15.5. The van der Waals surface area contributed by atoms with Crippen LogP contribution < -0.4 is 5.32 Å². The van der Waals surface area contributed by atoms with Crippen molar-refractivity contribution in [1.29, 1.82) is 0 Å². The number of hydrogen-bond donors (Lipinski definition) is 1. The van der Waals surface area contributed by atoms with Crippen LogP contribution in [0.2, 0.25) is 0 Å². The lowest BCUT2D eigenvalue weighted by molar-refractivity contribution is 0.102. The van der Waals surface area contributed by atoms with E-state index >= 15 is 0 Å². The molecule has 6 heteroatoms. The van der Waals surface area contributed by atoms with E-state index in [1.165, 1.54) is 5.56 Å². The highest BCUT2D eigenvalue weighted by molar-refractivity contribution is 6.05. The molecule has 0 unspecified atom stereocenters. The highest BCUT2D eigenvalue weighted by atomic mass is 16.3. The van der Waals surface area contributed by atoms with Crippen LogP contribution in [-0.4, -0.2) is 20.7 Å². The Kier molecular flexibility index (Phi) is 4.24. The first-order chi connectivity index (χ1) is 13.0. The first-order valence-corrected chi connectivity index (χ1v) is 8.87. The van der Waals surface area contributed by atoms with Gasteiger partial charge in [0.1, 0.15) is 5.52 Å². The molecular weight excluding hydrogens is 340 g/mol. The zero-order valence-electron chi connectivity index (χ0n) is 15.5. The smallest absolute Gasteiger partial charge is 0.259 e. The van der Waals surface area contributed by atoms with Crippen molar-refractivity contribution in [2.45, 2.75) is 27.2 Å². The summed E-state index contributed by atoms with van der Waals surface area (Å²) >= 11 is 0. The Hall–Kier alpha value is -3.41. The van der Waals surface area contributed by atoms with Crippen LogP contribution in [0.3, 0.4) is 0 Å². The second kappa shape index (κ2) is 6.72. The van der Waals surface area contributed by atoms with Crippen LogP contribution in [0.5, 0.6) is 0 Å². The molecule has 0 aliphatic carbocycles. The molecule has 0 aliphatic rings. The number of aryl methyl sites for hydroxylation is 2. The van der Waals surface area contributed by atoms with Crippen LogP contribution in [0.25, 0.3) is 16.8 Å². The summed E-state index contributed by atoms with van der Waals surface area (Å²) in [6.07, 6.45) is 2.31. The number of oxazole rings is 1. The van der Waals surface area contributed by atoms with Crippen LogP contribution in [0.4, 0.5) is 5.69 Å². The molecule has 0 fully saturated rings. The van der Waals surface area contributed by atoms with E-state index in [0.717, 1.165) is 16.9 Å². The van der Waals surface area contributed by atoms with Crippen molar-refractivity contribution >= 4 is 22.7 Å². The molecule has 6 nitrogen and oxygen atoms in total. The summed E-state index contributed by atoms with van der Waals surface area (Å²) in [7, 11) is 0. The van der Waals surface area contributed by atoms with Gasteiger partial charge in [0.05, 0.1) is 23.1 Å². The van der Waals surface area contributed by atoms with Crippen molar-refractivity contribution in [1.82, 2.24) is 14.8 Å². The number of aromatic nitrogens is 3. The fourth-order valence-electron chi connectivity index (χ4n) is 3.13.